The summed E-state index contributed by atoms with van der Waals surface area (Å²) in [6.45, 7) is 2.84. The number of fused-ring (bicyclic) bond motifs is 1. The minimum atomic E-state index is 0.0758. The topological polar surface area (TPSA) is 75.6 Å². The molecule has 7 nitrogen and oxygen atoms in total. The average molecular weight is 449 g/mol. The number of ether oxygens (including phenoxy) is 1. The van der Waals surface area contributed by atoms with Crippen molar-refractivity contribution in [1.82, 2.24) is 14.9 Å². The molecule has 1 aliphatic carbocycles. The summed E-state index contributed by atoms with van der Waals surface area (Å²) >= 11 is 0. The molecule has 2 heterocycles. The summed E-state index contributed by atoms with van der Waals surface area (Å²) in [5.74, 6) is 2.57. The Kier molecular flexibility index (Phi) is 7.06. The van der Waals surface area contributed by atoms with Gasteiger partial charge in [-0.15, -0.1) is 0 Å². The Morgan fingerprint density at radius 3 is 2.88 bits per heavy atom. The van der Waals surface area contributed by atoms with Gasteiger partial charge < -0.3 is 9.64 Å². The highest BCUT2D eigenvalue weighted by Gasteiger charge is 2.28. The lowest BCUT2D eigenvalue weighted by Gasteiger charge is -2.30. The molecule has 0 saturated carbocycles. The van der Waals surface area contributed by atoms with Crippen LogP contribution in [-0.4, -0.2) is 47.4 Å². The zero-order chi connectivity index (χ0) is 23.4. The number of aryl methyl sites for hydroxylation is 1. The number of nitrogens with zero attached hydrogens (tertiary/aromatic N) is 4. The van der Waals surface area contributed by atoms with Crippen molar-refractivity contribution in [3.63, 3.8) is 0 Å². The largest absolute Gasteiger partial charge is 0.497 e. The SMILES string of the molecule is COc1cccc(CCN2C(=O)CCc3c(C)nc(CN(C)C(=O)C[C@@H]4C=CCC4)nc32)c1. The lowest BCUT2D eigenvalue weighted by Crippen LogP contribution is -2.38. The van der Waals surface area contributed by atoms with Crippen LogP contribution in [0.1, 0.15) is 48.3 Å². The van der Waals surface area contributed by atoms with E-state index in [1.54, 1.807) is 24.0 Å². The van der Waals surface area contributed by atoms with Crippen molar-refractivity contribution in [2.75, 3.05) is 25.6 Å². The van der Waals surface area contributed by atoms with Gasteiger partial charge in [-0.2, -0.15) is 0 Å². The number of hydrogen-bond acceptors (Lipinski definition) is 5. The number of methoxy groups -OCH3 is 1. The summed E-state index contributed by atoms with van der Waals surface area (Å²) in [4.78, 5) is 38.4. The summed E-state index contributed by atoms with van der Waals surface area (Å²) in [5.41, 5.74) is 3.01. The van der Waals surface area contributed by atoms with Crippen LogP contribution in [0.2, 0.25) is 0 Å². The van der Waals surface area contributed by atoms with Crippen molar-refractivity contribution in [3.05, 3.63) is 59.1 Å². The fourth-order valence-electron chi connectivity index (χ4n) is 4.55. The molecule has 2 aromatic rings. The molecule has 174 valence electrons. The molecule has 1 aliphatic heterocycles. The van der Waals surface area contributed by atoms with Crippen LogP contribution >= 0.6 is 0 Å². The average Bonchev–Trinajstić information content (AvgIpc) is 3.31. The molecule has 0 N–H and O–H groups in total. The number of amides is 2. The van der Waals surface area contributed by atoms with Gasteiger partial charge in [0.15, 0.2) is 0 Å². The Labute approximate surface area is 195 Å². The van der Waals surface area contributed by atoms with E-state index in [-0.39, 0.29) is 11.8 Å². The van der Waals surface area contributed by atoms with Crippen molar-refractivity contribution in [2.24, 2.45) is 5.92 Å². The van der Waals surface area contributed by atoms with Gasteiger partial charge in [0.05, 0.1) is 13.7 Å². The van der Waals surface area contributed by atoms with E-state index in [0.717, 1.165) is 35.4 Å². The molecule has 0 fully saturated rings. The third-order valence-electron chi connectivity index (χ3n) is 6.50. The highest BCUT2D eigenvalue weighted by molar-refractivity contribution is 5.95. The second kappa shape index (κ2) is 10.1. The maximum Gasteiger partial charge on any atom is 0.228 e. The number of rotatable bonds is 8. The summed E-state index contributed by atoms with van der Waals surface area (Å²) in [7, 11) is 3.45. The Balaban J connectivity index is 1.49. The van der Waals surface area contributed by atoms with Crippen LogP contribution in [0.15, 0.2) is 36.4 Å². The fraction of sp³-hybridized carbons (Fsp3) is 0.462. The molecular formula is C26H32N4O3. The van der Waals surface area contributed by atoms with Gasteiger partial charge in [-0.05, 0) is 56.2 Å². The van der Waals surface area contributed by atoms with Crippen LogP contribution < -0.4 is 9.64 Å². The highest BCUT2D eigenvalue weighted by Crippen LogP contribution is 2.29. The summed E-state index contributed by atoms with van der Waals surface area (Å²) in [5, 5.41) is 0. The second-order valence-electron chi connectivity index (χ2n) is 8.89. The number of hydrogen-bond donors (Lipinski definition) is 0. The molecule has 2 amide bonds. The van der Waals surface area contributed by atoms with E-state index in [1.807, 2.05) is 31.2 Å². The van der Waals surface area contributed by atoms with Crippen LogP contribution in [0.25, 0.3) is 0 Å². The predicted molar refractivity (Wildman–Crippen MR) is 127 cm³/mol. The first-order chi connectivity index (χ1) is 15.9. The van der Waals surface area contributed by atoms with Crippen molar-refractivity contribution in [1.29, 1.82) is 0 Å². The van der Waals surface area contributed by atoms with Crippen LogP contribution in [0.4, 0.5) is 5.82 Å². The fourth-order valence-corrected chi connectivity index (χ4v) is 4.55. The normalized spacial score (nSPS) is 17.2. The molecule has 7 heteroatoms. The monoisotopic (exact) mass is 448 g/mol. The number of anilines is 1. The van der Waals surface area contributed by atoms with E-state index in [4.69, 9.17) is 9.72 Å². The van der Waals surface area contributed by atoms with Gasteiger partial charge in [-0.25, -0.2) is 9.97 Å². The molecule has 2 aliphatic rings. The Bertz CT molecular complexity index is 1070. The molecule has 33 heavy (non-hydrogen) atoms. The molecule has 4 rings (SSSR count). The molecule has 1 aromatic carbocycles. The minimum Gasteiger partial charge on any atom is -0.497 e. The van der Waals surface area contributed by atoms with Crippen molar-refractivity contribution in [2.45, 2.75) is 52.0 Å². The van der Waals surface area contributed by atoms with Crippen LogP contribution in [0.3, 0.4) is 0 Å². The first-order valence-corrected chi connectivity index (χ1v) is 11.6. The lowest BCUT2D eigenvalue weighted by molar-refractivity contribution is -0.131. The molecule has 1 atom stereocenters. The zero-order valence-corrected chi connectivity index (χ0v) is 19.7. The van der Waals surface area contributed by atoms with Crippen molar-refractivity contribution < 1.29 is 14.3 Å². The third kappa shape index (κ3) is 5.41. The third-order valence-corrected chi connectivity index (χ3v) is 6.50. The summed E-state index contributed by atoms with van der Waals surface area (Å²) < 4.78 is 5.32. The Hall–Kier alpha value is -3.22. The molecular weight excluding hydrogens is 416 g/mol. The number of allylic oxidation sites excluding steroid dienone is 2. The van der Waals surface area contributed by atoms with Gasteiger partial charge in [0, 0.05) is 37.7 Å². The Morgan fingerprint density at radius 2 is 2.12 bits per heavy atom. The Morgan fingerprint density at radius 1 is 1.27 bits per heavy atom. The van der Waals surface area contributed by atoms with Crippen LogP contribution in [0.5, 0.6) is 5.75 Å². The molecule has 0 bridgehead atoms. The summed E-state index contributed by atoms with van der Waals surface area (Å²) in [6, 6.07) is 7.90. The quantitative estimate of drug-likeness (QED) is 0.577. The molecule has 0 saturated heterocycles. The van der Waals surface area contributed by atoms with E-state index in [2.05, 4.69) is 17.1 Å². The molecule has 0 radical (unpaired) electrons. The van der Waals surface area contributed by atoms with Crippen molar-refractivity contribution in [3.8, 4) is 5.75 Å². The predicted octanol–water partition coefficient (Wildman–Crippen LogP) is 3.63. The number of carbonyl (C=O) groups is 2. The van der Waals surface area contributed by atoms with E-state index < -0.39 is 0 Å². The van der Waals surface area contributed by atoms with E-state index in [0.29, 0.717) is 56.3 Å². The first-order valence-electron chi connectivity index (χ1n) is 11.6. The maximum absolute atomic E-state index is 12.8. The van der Waals surface area contributed by atoms with Crippen molar-refractivity contribution >= 4 is 17.6 Å². The smallest absolute Gasteiger partial charge is 0.228 e. The number of benzene rings is 1. The highest BCUT2D eigenvalue weighted by atomic mass is 16.5. The minimum absolute atomic E-state index is 0.0758. The van der Waals surface area contributed by atoms with Gasteiger partial charge in [0.1, 0.15) is 17.4 Å². The number of aromatic nitrogens is 2. The number of carbonyl (C=O) groups excluding carboxylic acids is 2. The van der Waals surface area contributed by atoms with Gasteiger partial charge in [-0.3, -0.25) is 14.5 Å². The van der Waals surface area contributed by atoms with Gasteiger partial charge in [-0.1, -0.05) is 24.3 Å². The molecule has 0 unspecified atom stereocenters. The molecule has 0 spiro atoms. The maximum atomic E-state index is 12.8. The van der Waals surface area contributed by atoms with E-state index in [9.17, 15) is 9.59 Å². The first kappa shape index (κ1) is 23.0. The standard InChI is InChI=1S/C26H32N4O3/c1-18-22-11-12-24(31)30(14-13-20-9-6-10-21(15-20)33-3)26(22)28-23(27-18)17-29(2)25(32)16-19-7-4-5-8-19/h4,6-7,9-10,15,19H,5,8,11-14,16-17H2,1-3H3/t19-/m1/s1. The molecule has 1 aromatic heterocycles. The van der Waals surface area contributed by atoms with Gasteiger partial charge in [0.2, 0.25) is 11.8 Å². The van der Waals surface area contributed by atoms with Gasteiger partial charge >= 0.3 is 0 Å². The van der Waals surface area contributed by atoms with E-state index >= 15 is 0 Å². The zero-order valence-electron chi connectivity index (χ0n) is 19.7. The van der Waals surface area contributed by atoms with Crippen LogP contribution in [0, 0.1) is 12.8 Å². The van der Waals surface area contributed by atoms with Gasteiger partial charge in [0.25, 0.3) is 0 Å². The van der Waals surface area contributed by atoms with Crippen LogP contribution in [-0.2, 0) is 29.0 Å². The summed E-state index contributed by atoms with van der Waals surface area (Å²) in [6.07, 6.45) is 8.70. The lowest BCUT2D eigenvalue weighted by atomic mass is 10.0. The van der Waals surface area contributed by atoms with E-state index in [1.165, 1.54) is 0 Å². The second-order valence-corrected chi connectivity index (χ2v) is 8.89.